The summed E-state index contributed by atoms with van der Waals surface area (Å²) in [7, 11) is 0. The maximum absolute atomic E-state index is 11.7. The number of carbonyl (C=O) groups excluding carboxylic acids is 2. The minimum atomic E-state index is -0.487. The van der Waals surface area contributed by atoms with Crippen LogP contribution in [0.2, 0.25) is 0 Å². The molecule has 1 atom stereocenters. The number of nitriles is 1. The summed E-state index contributed by atoms with van der Waals surface area (Å²) in [5.41, 5.74) is -0.0905. The van der Waals surface area contributed by atoms with Gasteiger partial charge in [-0.25, -0.2) is 0 Å². The number of amides is 1. The fourth-order valence-corrected chi connectivity index (χ4v) is 1.70. The summed E-state index contributed by atoms with van der Waals surface area (Å²) < 4.78 is 10.1. The monoisotopic (exact) mass is 281 g/mol. The second-order valence-electron chi connectivity index (χ2n) is 4.20. The van der Waals surface area contributed by atoms with Crippen molar-refractivity contribution in [3.05, 3.63) is 11.8 Å². The molecule has 1 rings (SSSR count). The average molecular weight is 281 g/mol. The molecule has 1 saturated heterocycles. The highest BCUT2D eigenvalue weighted by atomic mass is 16.5. The number of nitrogens with one attached hydrogen (secondary N) is 2. The Morgan fingerprint density at radius 1 is 1.55 bits per heavy atom. The third-order valence-electron chi connectivity index (χ3n) is 2.68. The highest BCUT2D eigenvalue weighted by Crippen LogP contribution is 2.10. The normalized spacial score (nSPS) is 18.2. The molecule has 0 aromatic carbocycles. The zero-order chi connectivity index (χ0) is 14.8. The fraction of sp³-hybridized carbons (Fsp3) is 0.615. The molecule has 1 unspecified atom stereocenters. The highest BCUT2D eigenvalue weighted by molar-refractivity contribution is 5.97. The van der Waals surface area contributed by atoms with Gasteiger partial charge in [0, 0.05) is 19.4 Å². The largest absolute Gasteiger partial charge is 0.465 e. The van der Waals surface area contributed by atoms with Crippen LogP contribution < -0.4 is 10.6 Å². The molecule has 7 heteroatoms. The lowest BCUT2D eigenvalue weighted by molar-refractivity contribution is -0.141. The Bertz CT molecular complexity index is 408. The predicted octanol–water partition coefficient (Wildman–Crippen LogP) is -0.158. The van der Waals surface area contributed by atoms with Gasteiger partial charge < -0.3 is 20.1 Å². The van der Waals surface area contributed by atoms with Crippen LogP contribution in [0.25, 0.3) is 0 Å². The molecular weight excluding hydrogens is 262 g/mol. The molecular formula is C13H19N3O4. The Labute approximate surface area is 117 Å². The van der Waals surface area contributed by atoms with Crippen LogP contribution in [0.1, 0.15) is 19.8 Å². The first-order valence-electron chi connectivity index (χ1n) is 6.56. The van der Waals surface area contributed by atoms with Gasteiger partial charge in [0.15, 0.2) is 0 Å². The molecule has 2 N–H and O–H groups in total. The lowest BCUT2D eigenvalue weighted by Gasteiger charge is -2.10. The number of ether oxygens (including phenoxy) is 2. The van der Waals surface area contributed by atoms with E-state index in [9.17, 15) is 9.59 Å². The first-order chi connectivity index (χ1) is 9.67. The molecule has 1 aliphatic rings. The van der Waals surface area contributed by atoms with E-state index in [0.717, 1.165) is 12.8 Å². The topological polar surface area (TPSA) is 100 Å². The molecule has 1 fully saturated rings. The number of hydrogen-bond donors (Lipinski definition) is 2. The predicted molar refractivity (Wildman–Crippen MR) is 70.3 cm³/mol. The minimum Gasteiger partial charge on any atom is -0.465 e. The lowest BCUT2D eigenvalue weighted by Crippen LogP contribution is -2.33. The number of carbonyl (C=O) groups is 2. The van der Waals surface area contributed by atoms with E-state index in [-0.39, 0.29) is 24.8 Å². The molecule has 0 saturated carbocycles. The van der Waals surface area contributed by atoms with Gasteiger partial charge >= 0.3 is 5.97 Å². The van der Waals surface area contributed by atoms with Crippen LogP contribution in [0.4, 0.5) is 0 Å². The first kappa shape index (κ1) is 16.0. The maximum Gasteiger partial charge on any atom is 0.325 e. The minimum absolute atomic E-state index is 0.0198. The van der Waals surface area contributed by atoms with Crippen molar-refractivity contribution in [2.24, 2.45) is 0 Å². The van der Waals surface area contributed by atoms with Crippen LogP contribution in [0.3, 0.4) is 0 Å². The summed E-state index contributed by atoms with van der Waals surface area (Å²) >= 11 is 0. The molecule has 7 nitrogen and oxygen atoms in total. The fourth-order valence-electron chi connectivity index (χ4n) is 1.70. The molecule has 1 heterocycles. The van der Waals surface area contributed by atoms with Crippen molar-refractivity contribution in [2.75, 3.05) is 26.3 Å². The lowest BCUT2D eigenvalue weighted by atomic mass is 10.2. The summed E-state index contributed by atoms with van der Waals surface area (Å²) in [6.45, 7) is 3.00. The van der Waals surface area contributed by atoms with E-state index >= 15 is 0 Å². The Morgan fingerprint density at radius 3 is 2.95 bits per heavy atom. The smallest absolute Gasteiger partial charge is 0.325 e. The van der Waals surface area contributed by atoms with Crippen molar-refractivity contribution in [2.45, 2.75) is 25.9 Å². The van der Waals surface area contributed by atoms with Gasteiger partial charge in [-0.2, -0.15) is 5.26 Å². The summed E-state index contributed by atoms with van der Waals surface area (Å²) in [4.78, 5) is 22.8. The summed E-state index contributed by atoms with van der Waals surface area (Å²) in [6.07, 6.45) is 3.13. The van der Waals surface area contributed by atoms with Gasteiger partial charge in [-0.1, -0.05) is 0 Å². The van der Waals surface area contributed by atoms with E-state index in [4.69, 9.17) is 14.7 Å². The Morgan fingerprint density at radius 2 is 2.35 bits per heavy atom. The van der Waals surface area contributed by atoms with Crippen molar-refractivity contribution in [1.29, 1.82) is 5.26 Å². The molecule has 0 aliphatic carbocycles. The standard InChI is InChI=1S/C13H19N3O4/c1-2-19-12(17)9-15-7-10(6-14)13(18)16-8-11-4-3-5-20-11/h7,11,15H,2-5,8-9H2,1H3,(H,16,18)/b10-7-. The van der Waals surface area contributed by atoms with Gasteiger partial charge in [-0.15, -0.1) is 0 Å². The van der Waals surface area contributed by atoms with Gasteiger partial charge in [0.2, 0.25) is 0 Å². The van der Waals surface area contributed by atoms with Crippen molar-refractivity contribution >= 4 is 11.9 Å². The number of hydrogen-bond acceptors (Lipinski definition) is 6. The van der Waals surface area contributed by atoms with E-state index in [1.807, 2.05) is 0 Å². The zero-order valence-electron chi connectivity index (χ0n) is 11.5. The zero-order valence-corrected chi connectivity index (χ0v) is 11.5. The number of nitrogens with zero attached hydrogens (tertiary/aromatic N) is 1. The Kier molecular flexibility index (Phi) is 7.14. The second-order valence-corrected chi connectivity index (χ2v) is 4.20. The third-order valence-corrected chi connectivity index (χ3v) is 2.68. The summed E-state index contributed by atoms with van der Waals surface area (Å²) in [6, 6.07) is 1.78. The SMILES string of the molecule is CCOC(=O)CN/C=C(/C#N)C(=O)NCC1CCCO1. The summed E-state index contributed by atoms with van der Waals surface area (Å²) in [5.74, 6) is -0.930. The van der Waals surface area contributed by atoms with Gasteiger partial charge in [-0.3, -0.25) is 9.59 Å². The van der Waals surface area contributed by atoms with Gasteiger partial charge in [0.25, 0.3) is 5.91 Å². The van der Waals surface area contributed by atoms with Crippen molar-refractivity contribution < 1.29 is 19.1 Å². The van der Waals surface area contributed by atoms with Crippen LogP contribution in [0.15, 0.2) is 11.8 Å². The molecule has 0 spiro atoms. The van der Waals surface area contributed by atoms with Crippen LogP contribution in [-0.2, 0) is 19.1 Å². The van der Waals surface area contributed by atoms with E-state index < -0.39 is 11.9 Å². The third kappa shape index (κ3) is 5.71. The molecule has 20 heavy (non-hydrogen) atoms. The van der Waals surface area contributed by atoms with Crippen LogP contribution in [-0.4, -0.2) is 44.3 Å². The number of esters is 1. The van der Waals surface area contributed by atoms with Gasteiger partial charge in [0.1, 0.15) is 18.2 Å². The molecule has 0 aromatic rings. The molecule has 1 amide bonds. The van der Waals surface area contributed by atoms with Crippen molar-refractivity contribution in [1.82, 2.24) is 10.6 Å². The Balaban J connectivity index is 2.33. The van der Waals surface area contributed by atoms with Crippen molar-refractivity contribution in [3.63, 3.8) is 0 Å². The van der Waals surface area contributed by atoms with Crippen LogP contribution in [0, 0.1) is 11.3 Å². The molecule has 0 aromatic heterocycles. The molecule has 1 aliphatic heterocycles. The van der Waals surface area contributed by atoms with E-state index in [2.05, 4.69) is 10.6 Å². The van der Waals surface area contributed by atoms with Crippen LogP contribution >= 0.6 is 0 Å². The quantitative estimate of drug-likeness (QED) is 0.382. The maximum atomic E-state index is 11.7. The van der Waals surface area contributed by atoms with Crippen LogP contribution in [0.5, 0.6) is 0 Å². The molecule has 0 bridgehead atoms. The average Bonchev–Trinajstić information content (AvgIpc) is 2.94. The molecule has 110 valence electrons. The van der Waals surface area contributed by atoms with E-state index in [0.29, 0.717) is 13.2 Å². The van der Waals surface area contributed by atoms with Gasteiger partial charge in [-0.05, 0) is 19.8 Å². The first-order valence-corrected chi connectivity index (χ1v) is 6.56. The number of rotatable bonds is 7. The van der Waals surface area contributed by atoms with E-state index in [1.54, 1.807) is 13.0 Å². The Hall–Kier alpha value is -2.07. The van der Waals surface area contributed by atoms with E-state index in [1.165, 1.54) is 6.20 Å². The van der Waals surface area contributed by atoms with Crippen molar-refractivity contribution in [3.8, 4) is 6.07 Å². The summed E-state index contributed by atoms with van der Waals surface area (Å²) in [5, 5.41) is 14.1. The van der Waals surface area contributed by atoms with Gasteiger partial charge in [0.05, 0.1) is 12.7 Å². The molecule has 0 radical (unpaired) electrons. The second kappa shape index (κ2) is 8.93. The highest BCUT2D eigenvalue weighted by Gasteiger charge is 2.17.